The van der Waals surface area contributed by atoms with Crippen LogP contribution in [0.25, 0.3) is 0 Å². The number of aryl methyl sites for hydroxylation is 1. The summed E-state index contributed by atoms with van der Waals surface area (Å²) in [6.07, 6.45) is 1.31. The van der Waals surface area contributed by atoms with Crippen molar-refractivity contribution in [3.63, 3.8) is 0 Å². The van der Waals surface area contributed by atoms with Crippen LogP contribution in [0.15, 0.2) is 41.0 Å². The molecule has 114 valence electrons. The second kappa shape index (κ2) is 6.53. The Morgan fingerprint density at radius 1 is 1.36 bits per heavy atom. The lowest BCUT2D eigenvalue weighted by Crippen LogP contribution is -2.21. The summed E-state index contributed by atoms with van der Waals surface area (Å²) in [6, 6.07) is 7.01. The molecule has 0 unspecified atom stereocenters. The van der Waals surface area contributed by atoms with E-state index in [-0.39, 0.29) is 17.1 Å². The van der Waals surface area contributed by atoms with Crippen LogP contribution < -0.4 is 5.32 Å². The standard InChI is InChI=1S/C14H12N2O6/c1-9-4-5-10(16(19)20)7-11(9)15-13(17)8-22-14(18)12-3-2-6-21-12/h2-7H,8H2,1H3,(H,15,17). The first-order valence-corrected chi connectivity index (χ1v) is 6.23. The zero-order valence-electron chi connectivity index (χ0n) is 11.6. The number of carbonyl (C=O) groups is 2. The van der Waals surface area contributed by atoms with E-state index in [1.165, 1.54) is 36.6 Å². The van der Waals surface area contributed by atoms with Gasteiger partial charge in [0, 0.05) is 12.1 Å². The number of anilines is 1. The number of amides is 1. The monoisotopic (exact) mass is 304 g/mol. The zero-order chi connectivity index (χ0) is 16.1. The molecular weight excluding hydrogens is 292 g/mol. The minimum absolute atomic E-state index is 0.0145. The molecule has 1 aromatic carbocycles. The van der Waals surface area contributed by atoms with E-state index in [4.69, 9.17) is 9.15 Å². The molecule has 8 heteroatoms. The van der Waals surface area contributed by atoms with Gasteiger partial charge >= 0.3 is 5.97 Å². The lowest BCUT2D eigenvalue weighted by molar-refractivity contribution is -0.384. The van der Waals surface area contributed by atoms with Crippen LogP contribution in [-0.2, 0) is 9.53 Å². The van der Waals surface area contributed by atoms with Crippen molar-refractivity contribution in [2.24, 2.45) is 0 Å². The number of nitro benzene ring substituents is 1. The van der Waals surface area contributed by atoms with Gasteiger partial charge in [0.25, 0.3) is 11.6 Å². The number of non-ortho nitro benzene ring substituents is 1. The van der Waals surface area contributed by atoms with Crippen molar-refractivity contribution in [1.82, 2.24) is 0 Å². The van der Waals surface area contributed by atoms with E-state index in [2.05, 4.69) is 5.32 Å². The average molecular weight is 304 g/mol. The predicted molar refractivity (Wildman–Crippen MR) is 75.5 cm³/mol. The fourth-order valence-electron chi connectivity index (χ4n) is 1.64. The van der Waals surface area contributed by atoms with Crippen LogP contribution in [0.2, 0.25) is 0 Å². The molecule has 1 heterocycles. The number of carbonyl (C=O) groups excluding carboxylic acids is 2. The summed E-state index contributed by atoms with van der Waals surface area (Å²) < 4.78 is 9.59. The Morgan fingerprint density at radius 2 is 2.14 bits per heavy atom. The highest BCUT2D eigenvalue weighted by Crippen LogP contribution is 2.21. The lowest BCUT2D eigenvalue weighted by Gasteiger charge is -2.08. The minimum atomic E-state index is -0.768. The third-order valence-corrected chi connectivity index (χ3v) is 2.76. The van der Waals surface area contributed by atoms with Crippen molar-refractivity contribution in [1.29, 1.82) is 0 Å². The van der Waals surface area contributed by atoms with Crippen molar-refractivity contribution in [3.05, 3.63) is 58.0 Å². The summed E-state index contributed by atoms with van der Waals surface area (Å²) in [5, 5.41) is 13.2. The van der Waals surface area contributed by atoms with E-state index in [0.29, 0.717) is 5.56 Å². The Kier molecular flexibility index (Phi) is 4.52. The molecule has 0 radical (unpaired) electrons. The number of furan rings is 1. The lowest BCUT2D eigenvalue weighted by atomic mass is 10.2. The van der Waals surface area contributed by atoms with Crippen LogP contribution in [0.5, 0.6) is 0 Å². The Labute approximate surface area is 124 Å². The maximum Gasteiger partial charge on any atom is 0.374 e. The minimum Gasteiger partial charge on any atom is -0.457 e. The first kappa shape index (κ1) is 15.2. The molecule has 2 aromatic rings. The van der Waals surface area contributed by atoms with Gasteiger partial charge in [0.15, 0.2) is 6.61 Å². The van der Waals surface area contributed by atoms with Gasteiger partial charge in [0.05, 0.1) is 16.9 Å². The van der Waals surface area contributed by atoms with Crippen LogP contribution in [-0.4, -0.2) is 23.4 Å². The van der Waals surface area contributed by atoms with Gasteiger partial charge in [-0.05, 0) is 24.6 Å². The van der Waals surface area contributed by atoms with E-state index in [1.54, 1.807) is 6.92 Å². The van der Waals surface area contributed by atoms with Gasteiger partial charge in [-0.15, -0.1) is 0 Å². The van der Waals surface area contributed by atoms with Gasteiger partial charge in [0.1, 0.15) is 0 Å². The molecule has 2 rings (SSSR count). The molecule has 0 saturated heterocycles. The third-order valence-electron chi connectivity index (χ3n) is 2.76. The second-order valence-corrected chi connectivity index (χ2v) is 4.36. The Hall–Kier alpha value is -3.16. The Morgan fingerprint density at radius 3 is 2.77 bits per heavy atom. The van der Waals surface area contributed by atoms with Crippen LogP contribution in [0.3, 0.4) is 0 Å². The number of benzene rings is 1. The number of nitrogens with zero attached hydrogens (tertiary/aromatic N) is 1. The van der Waals surface area contributed by atoms with E-state index in [9.17, 15) is 19.7 Å². The molecule has 1 amide bonds. The molecule has 0 atom stereocenters. The predicted octanol–water partition coefficient (Wildman–Crippen LogP) is 2.29. The van der Waals surface area contributed by atoms with Gasteiger partial charge < -0.3 is 14.5 Å². The summed E-state index contributed by atoms with van der Waals surface area (Å²) in [5.41, 5.74) is 0.790. The molecule has 1 aromatic heterocycles. The number of rotatable bonds is 5. The summed E-state index contributed by atoms with van der Waals surface area (Å²) in [5.74, 6) is -1.39. The van der Waals surface area contributed by atoms with E-state index >= 15 is 0 Å². The topological polar surface area (TPSA) is 112 Å². The van der Waals surface area contributed by atoms with Gasteiger partial charge in [-0.3, -0.25) is 14.9 Å². The first-order chi connectivity index (χ1) is 10.5. The summed E-state index contributed by atoms with van der Waals surface area (Å²) in [7, 11) is 0. The van der Waals surface area contributed by atoms with Crippen LogP contribution >= 0.6 is 0 Å². The van der Waals surface area contributed by atoms with Gasteiger partial charge in [-0.1, -0.05) is 6.07 Å². The highest BCUT2D eigenvalue weighted by atomic mass is 16.6. The van der Waals surface area contributed by atoms with Crippen molar-refractivity contribution in [2.45, 2.75) is 6.92 Å². The van der Waals surface area contributed by atoms with Crippen molar-refractivity contribution in [2.75, 3.05) is 11.9 Å². The Balaban J connectivity index is 1.96. The van der Waals surface area contributed by atoms with E-state index in [0.717, 1.165) is 0 Å². The number of esters is 1. The SMILES string of the molecule is Cc1ccc([N+](=O)[O-])cc1NC(=O)COC(=O)c1ccco1. The van der Waals surface area contributed by atoms with Gasteiger partial charge in [-0.25, -0.2) is 4.79 Å². The molecule has 0 aliphatic rings. The van der Waals surface area contributed by atoms with Gasteiger partial charge in [-0.2, -0.15) is 0 Å². The summed E-state index contributed by atoms with van der Waals surface area (Å²) in [4.78, 5) is 33.4. The maximum atomic E-state index is 11.7. The van der Waals surface area contributed by atoms with Crippen LogP contribution in [0.4, 0.5) is 11.4 Å². The quantitative estimate of drug-likeness (QED) is 0.515. The third kappa shape index (κ3) is 3.69. The molecule has 8 nitrogen and oxygen atoms in total. The van der Waals surface area contributed by atoms with Gasteiger partial charge in [0.2, 0.25) is 5.76 Å². The zero-order valence-corrected chi connectivity index (χ0v) is 11.6. The largest absolute Gasteiger partial charge is 0.457 e. The maximum absolute atomic E-state index is 11.7. The number of nitro groups is 1. The number of nitrogens with one attached hydrogen (secondary N) is 1. The summed E-state index contributed by atoms with van der Waals surface area (Å²) in [6.45, 7) is 1.16. The molecule has 0 aliphatic heterocycles. The number of ether oxygens (including phenoxy) is 1. The van der Waals surface area contributed by atoms with Crippen molar-refractivity contribution >= 4 is 23.3 Å². The van der Waals surface area contributed by atoms with Crippen molar-refractivity contribution < 1.29 is 23.7 Å². The van der Waals surface area contributed by atoms with Crippen LogP contribution in [0, 0.1) is 17.0 Å². The molecule has 1 N–H and O–H groups in total. The molecule has 0 bridgehead atoms. The van der Waals surface area contributed by atoms with E-state index < -0.39 is 23.4 Å². The van der Waals surface area contributed by atoms with Crippen LogP contribution in [0.1, 0.15) is 16.1 Å². The highest BCUT2D eigenvalue weighted by Gasteiger charge is 2.14. The average Bonchev–Trinajstić information content (AvgIpc) is 3.01. The van der Waals surface area contributed by atoms with E-state index in [1.807, 2.05) is 0 Å². The molecule has 0 saturated carbocycles. The Bertz CT molecular complexity index is 708. The molecule has 0 fully saturated rings. The highest BCUT2D eigenvalue weighted by molar-refractivity contribution is 5.95. The second-order valence-electron chi connectivity index (χ2n) is 4.36. The summed E-state index contributed by atoms with van der Waals surface area (Å²) >= 11 is 0. The smallest absolute Gasteiger partial charge is 0.374 e. The molecular formula is C14H12N2O6. The fraction of sp³-hybridized carbons (Fsp3) is 0.143. The number of hydrogen-bond donors (Lipinski definition) is 1. The number of hydrogen-bond acceptors (Lipinski definition) is 6. The van der Waals surface area contributed by atoms with Crippen molar-refractivity contribution in [3.8, 4) is 0 Å². The fourth-order valence-corrected chi connectivity index (χ4v) is 1.64. The molecule has 0 aliphatic carbocycles. The first-order valence-electron chi connectivity index (χ1n) is 6.23. The molecule has 22 heavy (non-hydrogen) atoms. The normalized spacial score (nSPS) is 10.0. The molecule has 0 spiro atoms.